The maximum atomic E-state index is 10.8. The molecule has 0 saturated heterocycles. The zero-order valence-electron chi connectivity index (χ0n) is 7.73. The van der Waals surface area contributed by atoms with Crippen LogP contribution in [0, 0.1) is 6.92 Å². The first kappa shape index (κ1) is 8.93. The monoisotopic (exact) mass is 194 g/mol. The van der Waals surface area contributed by atoms with Gasteiger partial charge in [0.25, 0.3) is 0 Å². The highest BCUT2D eigenvalue weighted by Gasteiger charge is 2.53. The lowest BCUT2D eigenvalue weighted by Gasteiger charge is -2.11. The standard InChI is InChI=1S/C9H10N2O3/c1-6-4-7(11-5-10-6)14-9(2-3-9)8(12)13/h4-5H,2-3H2,1H3,(H,12,13). The molecule has 0 radical (unpaired) electrons. The molecule has 1 fully saturated rings. The molecule has 1 aromatic heterocycles. The van der Waals surface area contributed by atoms with E-state index < -0.39 is 11.6 Å². The second-order valence-electron chi connectivity index (χ2n) is 3.40. The van der Waals surface area contributed by atoms with Crippen LogP contribution >= 0.6 is 0 Å². The number of hydrogen-bond donors (Lipinski definition) is 1. The molecule has 74 valence electrons. The van der Waals surface area contributed by atoms with E-state index in [0.717, 1.165) is 5.69 Å². The van der Waals surface area contributed by atoms with Gasteiger partial charge in [-0.2, -0.15) is 0 Å². The van der Waals surface area contributed by atoms with Crippen LogP contribution in [0.3, 0.4) is 0 Å². The zero-order chi connectivity index (χ0) is 10.2. The largest absolute Gasteiger partial charge is 0.478 e. The Balaban J connectivity index is 2.15. The fourth-order valence-corrected chi connectivity index (χ4v) is 1.16. The number of nitrogens with zero attached hydrogens (tertiary/aromatic N) is 2. The molecular formula is C9H10N2O3. The van der Waals surface area contributed by atoms with Gasteiger partial charge in [-0.3, -0.25) is 0 Å². The third-order valence-corrected chi connectivity index (χ3v) is 2.17. The number of carbonyl (C=O) groups is 1. The van der Waals surface area contributed by atoms with Gasteiger partial charge in [0.05, 0.1) is 0 Å². The Morgan fingerprint density at radius 1 is 1.57 bits per heavy atom. The lowest BCUT2D eigenvalue weighted by atomic mass is 10.3. The van der Waals surface area contributed by atoms with Crippen molar-refractivity contribution in [3.63, 3.8) is 0 Å². The molecule has 1 aliphatic rings. The zero-order valence-corrected chi connectivity index (χ0v) is 7.73. The van der Waals surface area contributed by atoms with Gasteiger partial charge >= 0.3 is 5.97 Å². The Bertz CT molecular complexity index is 374. The van der Waals surface area contributed by atoms with Gasteiger partial charge in [0.2, 0.25) is 11.5 Å². The van der Waals surface area contributed by atoms with Gasteiger partial charge in [-0.1, -0.05) is 0 Å². The minimum Gasteiger partial charge on any atom is -0.478 e. The van der Waals surface area contributed by atoms with Crippen LogP contribution in [0.15, 0.2) is 12.4 Å². The second-order valence-corrected chi connectivity index (χ2v) is 3.40. The number of aryl methyl sites for hydroxylation is 1. The molecule has 0 spiro atoms. The van der Waals surface area contributed by atoms with E-state index in [0.29, 0.717) is 18.7 Å². The van der Waals surface area contributed by atoms with Crippen LogP contribution in [0.4, 0.5) is 0 Å². The van der Waals surface area contributed by atoms with Crippen LogP contribution in [0.2, 0.25) is 0 Å². The molecule has 1 aliphatic carbocycles. The van der Waals surface area contributed by atoms with Crippen molar-refractivity contribution in [2.45, 2.75) is 25.4 Å². The molecule has 1 heterocycles. The van der Waals surface area contributed by atoms with Crippen molar-refractivity contribution in [1.29, 1.82) is 0 Å². The summed E-state index contributed by atoms with van der Waals surface area (Å²) in [6.45, 7) is 1.80. The van der Waals surface area contributed by atoms with E-state index in [2.05, 4.69) is 9.97 Å². The van der Waals surface area contributed by atoms with Crippen LogP contribution in [0.25, 0.3) is 0 Å². The molecule has 0 atom stereocenters. The summed E-state index contributed by atoms with van der Waals surface area (Å²) in [5, 5.41) is 8.87. The lowest BCUT2D eigenvalue weighted by Crippen LogP contribution is -2.29. The summed E-state index contributed by atoms with van der Waals surface area (Å²) < 4.78 is 5.30. The van der Waals surface area contributed by atoms with Crippen molar-refractivity contribution in [3.8, 4) is 5.88 Å². The Hall–Kier alpha value is -1.65. The van der Waals surface area contributed by atoms with Crippen LogP contribution in [0.5, 0.6) is 5.88 Å². The summed E-state index contributed by atoms with van der Waals surface area (Å²) >= 11 is 0. The molecule has 0 aliphatic heterocycles. The minimum atomic E-state index is -1.03. The summed E-state index contributed by atoms with van der Waals surface area (Å²) in [5.74, 6) is -0.592. The Labute approximate surface area is 80.8 Å². The van der Waals surface area contributed by atoms with Gasteiger partial charge in [-0.15, -0.1) is 0 Å². The van der Waals surface area contributed by atoms with Crippen LogP contribution in [0.1, 0.15) is 18.5 Å². The third kappa shape index (κ3) is 1.53. The first-order valence-corrected chi connectivity index (χ1v) is 4.33. The number of rotatable bonds is 3. The van der Waals surface area contributed by atoms with Gasteiger partial charge in [0.1, 0.15) is 6.33 Å². The highest BCUT2D eigenvalue weighted by Crippen LogP contribution is 2.39. The summed E-state index contributed by atoms with van der Waals surface area (Å²) in [6, 6.07) is 1.63. The summed E-state index contributed by atoms with van der Waals surface area (Å²) in [4.78, 5) is 18.6. The smallest absolute Gasteiger partial charge is 0.348 e. The summed E-state index contributed by atoms with van der Waals surface area (Å²) in [6.07, 6.45) is 2.46. The third-order valence-electron chi connectivity index (χ3n) is 2.17. The van der Waals surface area contributed by atoms with Crippen molar-refractivity contribution in [2.24, 2.45) is 0 Å². The van der Waals surface area contributed by atoms with E-state index in [-0.39, 0.29) is 0 Å². The van der Waals surface area contributed by atoms with Gasteiger partial charge in [-0.25, -0.2) is 14.8 Å². The van der Waals surface area contributed by atoms with Crippen molar-refractivity contribution in [1.82, 2.24) is 9.97 Å². The molecule has 0 unspecified atom stereocenters. The van der Waals surface area contributed by atoms with Gasteiger partial charge < -0.3 is 9.84 Å². The highest BCUT2D eigenvalue weighted by molar-refractivity contribution is 5.81. The van der Waals surface area contributed by atoms with Crippen LogP contribution in [-0.4, -0.2) is 26.6 Å². The van der Waals surface area contributed by atoms with Gasteiger partial charge in [0, 0.05) is 24.6 Å². The number of aliphatic carboxylic acids is 1. The molecule has 1 aromatic rings. The number of aromatic nitrogens is 2. The van der Waals surface area contributed by atoms with E-state index in [1.54, 1.807) is 13.0 Å². The predicted molar refractivity (Wildman–Crippen MR) is 47.0 cm³/mol. The molecule has 2 rings (SSSR count). The molecule has 14 heavy (non-hydrogen) atoms. The average Bonchev–Trinajstić information content (AvgIpc) is 2.85. The molecule has 5 heteroatoms. The minimum absolute atomic E-state index is 0.331. The maximum Gasteiger partial charge on any atom is 0.348 e. The Morgan fingerprint density at radius 2 is 2.29 bits per heavy atom. The second kappa shape index (κ2) is 2.94. The molecule has 1 N–H and O–H groups in total. The summed E-state index contributed by atoms with van der Waals surface area (Å²) in [5.41, 5.74) is -0.267. The van der Waals surface area contributed by atoms with Crippen LogP contribution < -0.4 is 4.74 Å². The van der Waals surface area contributed by atoms with Gasteiger partial charge in [-0.05, 0) is 6.92 Å². The molecule has 0 bridgehead atoms. The fourth-order valence-electron chi connectivity index (χ4n) is 1.16. The number of carboxylic acid groups (broad SMARTS) is 1. The normalized spacial score (nSPS) is 17.5. The van der Waals surface area contributed by atoms with Gasteiger partial charge in [0.15, 0.2) is 0 Å². The average molecular weight is 194 g/mol. The molecular weight excluding hydrogens is 184 g/mol. The topological polar surface area (TPSA) is 72.3 Å². The lowest BCUT2D eigenvalue weighted by molar-refractivity contribution is -0.147. The van der Waals surface area contributed by atoms with E-state index >= 15 is 0 Å². The number of ether oxygens (including phenoxy) is 1. The Kier molecular flexibility index (Phi) is 1.87. The molecule has 1 saturated carbocycles. The quantitative estimate of drug-likeness (QED) is 0.769. The Morgan fingerprint density at radius 3 is 2.79 bits per heavy atom. The molecule has 0 amide bonds. The SMILES string of the molecule is Cc1cc(OC2(C(=O)O)CC2)ncn1. The van der Waals surface area contributed by atoms with Crippen molar-refractivity contribution < 1.29 is 14.6 Å². The first-order valence-electron chi connectivity index (χ1n) is 4.33. The predicted octanol–water partition coefficient (Wildman–Crippen LogP) is 0.781. The first-order chi connectivity index (χ1) is 6.62. The summed E-state index contributed by atoms with van der Waals surface area (Å²) in [7, 11) is 0. The van der Waals surface area contributed by atoms with Crippen LogP contribution in [-0.2, 0) is 4.79 Å². The fraction of sp³-hybridized carbons (Fsp3) is 0.444. The molecule has 5 nitrogen and oxygen atoms in total. The number of hydrogen-bond acceptors (Lipinski definition) is 4. The van der Waals surface area contributed by atoms with E-state index in [1.807, 2.05) is 0 Å². The van der Waals surface area contributed by atoms with E-state index in [9.17, 15) is 4.79 Å². The molecule has 0 aromatic carbocycles. The van der Waals surface area contributed by atoms with Crippen molar-refractivity contribution >= 4 is 5.97 Å². The van der Waals surface area contributed by atoms with Crippen molar-refractivity contribution in [2.75, 3.05) is 0 Å². The highest BCUT2D eigenvalue weighted by atomic mass is 16.5. The van der Waals surface area contributed by atoms with E-state index in [4.69, 9.17) is 9.84 Å². The van der Waals surface area contributed by atoms with Crippen molar-refractivity contribution in [3.05, 3.63) is 18.1 Å². The van der Waals surface area contributed by atoms with E-state index in [1.165, 1.54) is 6.33 Å². The number of carboxylic acids is 1. The maximum absolute atomic E-state index is 10.8.